The summed E-state index contributed by atoms with van der Waals surface area (Å²) in [6.07, 6.45) is 0.238. The van der Waals surface area contributed by atoms with Crippen LogP contribution in [0.15, 0.2) is 30.6 Å². The normalized spacial score (nSPS) is 10.9. The van der Waals surface area contributed by atoms with Crippen LogP contribution in [0.4, 0.5) is 13.2 Å². The van der Waals surface area contributed by atoms with Gasteiger partial charge < -0.3 is 0 Å². The third-order valence-corrected chi connectivity index (χ3v) is 2.06. The monoisotopic (exact) mass is 212 g/mol. The zero-order valence-corrected chi connectivity index (χ0v) is 7.55. The van der Waals surface area contributed by atoms with Crippen molar-refractivity contribution in [3.05, 3.63) is 42.0 Å². The van der Waals surface area contributed by atoms with E-state index < -0.39 is 17.8 Å². The van der Waals surface area contributed by atoms with E-state index in [1.165, 1.54) is 12.3 Å². The number of halogens is 3. The molecule has 15 heavy (non-hydrogen) atoms. The third kappa shape index (κ3) is 1.86. The zero-order valence-electron chi connectivity index (χ0n) is 7.55. The first-order valence-electron chi connectivity index (χ1n) is 4.25. The van der Waals surface area contributed by atoms with Crippen molar-refractivity contribution in [2.45, 2.75) is 6.43 Å². The van der Waals surface area contributed by atoms with Gasteiger partial charge in [0.1, 0.15) is 5.82 Å². The van der Waals surface area contributed by atoms with Gasteiger partial charge in [-0.3, -0.25) is 5.10 Å². The number of nitrogens with zero attached hydrogens (tertiary/aromatic N) is 1. The van der Waals surface area contributed by atoms with E-state index >= 15 is 0 Å². The molecule has 1 aromatic heterocycles. The maximum absolute atomic E-state index is 13.0. The molecule has 0 aliphatic carbocycles. The molecule has 0 amide bonds. The second-order valence-corrected chi connectivity index (χ2v) is 3.02. The zero-order chi connectivity index (χ0) is 10.8. The standard InChI is InChI=1S/C10H7F3N2/c11-9-2-1-6(3-8(9)10(12)13)7-4-14-15-5-7/h1-5,10H,(H,14,15). The number of aromatic amines is 1. The van der Waals surface area contributed by atoms with Gasteiger partial charge in [-0.2, -0.15) is 5.10 Å². The van der Waals surface area contributed by atoms with Gasteiger partial charge >= 0.3 is 0 Å². The van der Waals surface area contributed by atoms with Gasteiger partial charge in [0.2, 0.25) is 0 Å². The van der Waals surface area contributed by atoms with Crippen LogP contribution in [-0.4, -0.2) is 10.2 Å². The summed E-state index contributed by atoms with van der Waals surface area (Å²) in [4.78, 5) is 0. The molecule has 0 bridgehead atoms. The SMILES string of the molecule is Fc1ccc(-c2cn[nH]c2)cc1C(F)F. The van der Waals surface area contributed by atoms with Gasteiger partial charge in [0, 0.05) is 11.8 Å². The van der Waals surface area contributed by atoms with Gasteiger partial charge in [-0.15, -0.1) is 0 Å². The summed E-state index contributed by atoms with van der Waals surface area (Å²) < 4.78 is 37.7. The van der Waals surface area contributed by atoms with Crippen LogP contribution < -0.4 is 0 Å². The molecule has 0 unspecified atom stereocenters. The van der Waals surface area contributed by atoms with Gasteiger partial charge in [-0.05, 0) is 17.7 Å². The maximum atomic E-state index is 13.0. The first-order valence-corrected chi connectivity index (χ1v) is 4.25. The fourth-order valence-corrected chi connectivity index (χ4v) is 1.30. The summed E-state index contributed by atoms with van der Waals surface area (Å²) in [5.74, 6) is -0.891. The van der Waals surface area contributed by atoms with Crippen molar-refractivity contribution < 1.29 is 13.2 Å². The lowest BCUT2D eigenvalue weighted by Crippen LogP contribution is -1.91. The van der Waals surface area contributed by atoms with Crippen molar-refractivity contribution in [2.24, 2.45) is 0 Å². The lowest BCUT2D eigenvalue weighted by Gasteiger charge is -2.04. The van der Waals surface area contributed by atoms with Crippen LogP contribution in [0.3, 0.4) is 0 Å². The van der Waals surface area contributed by atoms with Gasteiger partial charge in [-0.25, -0.2) is 13.2 Å². The van der Waals surface area contributed by atoms with E-state index in [1.54, 1.807) is 6.20 Å². The van der Waals surface area contributed by atoms with E-state index in [0.29, 0.717) is 11.1 Å². The Labute approximate surface area is 83.7 Å². The Morgan fingerprint density at radius 1 is 1.20 bits per heavy atom. The summed E-state index contributed by atoms with van der Waals surface area (Å²) in [6.45, 7) is 0. The molecule has 0 spiro atoms. The molecule has 2 rings (SSSR count). The number of hydrogen-bond donors (Lipinski definition) is 1. The first kappa shape index (κ1) is 9.76. The molecule has 0 radical (unpaired) electrons. The molecule has 0 atom stereocenters. The van der Waals surface area contributed by atoms with Gasteiger partial charge in [0.15, 0.2) is 0 Å². The van der Waals surface area contributed by atoms with Crippen LogP contribution in [0, 0.1) is 5.82 Å². The second kappa shape index (κ2) is 3.76. The predicted octanol–water partition coefficient (Wildman–Crippen LogP) is 3.15. The Bertz CT molecular complexity index is 452. The largest absolute Gasteiger partial charge is 0.285 e. The fraction of sp³-hybridized carbons (Fsp3) is 0.100. The van der Waals surface area contributed by atoms with Crippen molar-refractivity contribution in [3.63, 3.8) is 0 Å². The highest BCUT2D eigenvalue weighted by Gasteiger charge is 2.14. The predicted molar refractivity (Wildman–Crippen MR) is 48.9 cm³/mol. The number of aromatic nitrogens is 2. The molecule has 1 aromatic carbocycles. The Balaban J connectivity index is 2.48. The average Bonchev–Trinajstić information content (AvgIpc) is 2.71. The molecular formula is C10H7F3N2. The van der Waals surface area contributed by atoms with Gasteiger partial charge in [-0.1, -0.05) is 6.07 Å². The minimum atomic E-state index is -2.81. The molecule has 0 fully saturated rings. The molecule has 2 nitrogen and oxygen atoms in total. The third-order valence-electron chi connectivity index (χ3n) is 2.06. The van der Waals surface area contributed by atoms with Crippen LogP contribution in [0.25, 0.3) is 11.1 Å². The lowest BCUT2D eigenvalue weighted by atomic mass is 10.1. The van der Waals surface area contributed by atoms with Crippen molar-refractivity contribution in [3.8, 4) is 11.1 Å². The maximum Gasteiger partial charge on any atom is 0.266 e. The number of rotatable bonds is 2. The quantitative estimate of drug-likeness (QED) is 0.813. The Kier molecular flexibility index (Phi) is 2.45. The van der Waals surface area contributed by atoms with E-state index in [2.05, 4.69) is 10.2 Å². The summed E-state index contributed by atoms with van der Waals surface area (Å²) in [6, 6.07) is 3.60. The average molecular weight is 212 g/mol. The molecule has 1 heterocycles. The Morgan fingerprint density at radius 2 is 2.00 bits per heavy atom. The molecule has 0 aliphatic rings. The van der Waals surface area contributed by atoms with E-state index in [4.69, 9.17) is 0 Å². The number of hydrogen-bond acceptors (Lipinski definition) is 1. The summed E-state index contributed by atoms with van der Waals surface area (Å²) in [7, 11) is 0. The van der Waals surface area contributed by atoms with Crippen LogP contribution in [0.2, 0.25) is 0 Å². The topological polar surface area (TPSA) is 28.7 Å². The first-order chi connectivity index (χ1) is 7.18. The molecule has 5 heteroatoms. The van der Waals surface area contributed by atoms with Crippen LogP contribution >= 0.6 is 0 Å². The van der Waals surface area contributed by atoms with Crippen LogP contribution in [-0.2, 0) is 0 Å². The van der Waals surface area contributed by atoms with E-state index in [1.807, 2.05) is 0 Å². The number of nitrogens with one attached hydrogen (secondary N) is 1. The summed E-state index contributed by atoms with van der Waals surface area (Å²) in [5, 5.41) is 6.25. The fourth-order valence-electron chi connectivity index (χ4n) is 1.30. The van der Waals surface area contributed by atoms with Crippen LogP contribution in [0.1, 0.15) is 12.0 Å². The van der Waals surface area contributed by atoms with Crippen LogP contribution in [0.5, 0.6) is 0 Å². The van der Waals surface area contributed by atoms with Crippen molar-refractivity contribution >= 4 is 0 Å². The highest BCUT2D eigenvalue weighted by atomic mass is 19.3. The van der Waals surface area contributed by atoms with E-state index in [-0.39, 0.29) is 0 Å². The summed E-state index contributed by atoms with van der Waals surface area (Å²) >= 11 is 0. The number of benzene rings is 1. The van der Waals surface area contributed by atoms with Gasteiger partial charge in [0.05, 0.1) is 11.8 Å². The smallest absolute Gasteiger partial charge is 0.266 e. The molecule has 78 valence electrons. The second-order valence-electron chi connectivity index (χ2n) is 3.02. The highest BCUT2D eigenvalue weighted by Crippen LogP contribution is 2.27. The van der Waals surface area contributed by atoms with Crippen molar-refractivity contribution in [2.75, 3.05) is 0 Å². The molecule has 2 aromatic rings. The number of H-pyrrole nitrogens is 1. The molecule has 1 N–H and O–H groups in total. The molecular weight excluding hydrogens is 205 g/mol. The Morgan fingerprint density at radius 3 is 2.60 bits per heavy atom. The number of alkyl halides is 2. The molecule has 0 saturated carbocycles. The van der Waals surface area contributed by atoms with Crippen molar-refractivity contribution in [1.82, 2.24) is 10.2 Å². The lowest BCUT2D eigenvalue weighted by molar-refractivity contribution is 0.146. The van der Waals surface area contributed by atoms with Crippen molar-refractivity contribution in [1.29, 1.82) is 0 Å². The minimum absolute atomic E-state index is 0.514. The molecule has 0 saturated heterocycles. The summed E-state index contributed by atoms with van der Waals surface area (Å²) in [5.41, 5.74) is 0.575. The minimum Gasteiger partial charge on any atom is -0.285 e. The van der Waals surface area contributed by atoms with E-state index in [9.17, 15) is 13.2 Å². The van der Waals surface area contributed by atoms with Gasteiger partial charge in [0.25, 0.3) is 6.43 Å². The molecule has 0 aliphatic heterocycles. The van der Waals surface area contributed by atoms with E-state index in [0.717, 1.165) is 12.1 Å². The highest BCUT2D eigenvalue weighted by molar-refractivity contribution is 5.62. The Hall–Kier alpha value is -1.78.